The minimum atomic E-state index is 0.146. The van der Waals surface area contributed by atoms with Crippen molar-refractivity contribution in [2.45, 2.75) is 51.1 Å². The third-order valence-corrected chi connectivity index (χ3v) is 7.63. The molecular weight excluding hydrogens is 390 g/mol. The Bertz CT molecular complexity index is 1040. The Morgan fingerprint density at radius 3 is 2.96 bits per heavy atom. The summed E-state index contributed by atoms with van der Waals surface area (Å²) in [5, 5.41) is 2.12. The number of nitrogens with zero attached hydrogens (tertiary/aromatic N) is 3. The molecule has 1 aliphatic carbocycles. The quantitative estimate of drug-likeness (QED) is 0.316. The smallest absolute Gasteiger partial charge is 0.174 e. The van der Waals surface area contributed by atoms with Crippen LogP contribution in [0.3, 0.4) is 0 Å². The van der Waals surface area contributed by atoms with Gasteiger partial charge in [0, 0.05) is 34.3 Å². The Kier molecular flexibility index (Phi) is 5.58. The van der Waals surface area contributed by atoms with E-state index in [1.54, 1.807) is 24.8 Å². The highest BCUT2D eigenvalue weighted by Crippen LogP contribution is 2.40. The van der Waals surface area contributed by atoms with Crippen molar-refractivity contribution in [1.82, 2.24) is 14.5 Å². The number of rotatable bonds is 7. The zero-order valence-electron chi connectivity index (χ0n) is 16.7. The summed E-state index contributed by atoms with van der Waals surface area (Å²) in [6, 6.07) is 2.21. The molecule has 4 rings (SSSR count). The summed E-state index contributed by atoms with van der Waals surface area (Å²) in [4.78, 5) is 24.4. The van der Waals surface area contributed by atoms with Gasteiger partial charge in [0.15, 0.2) is 5.78 Å². The van der Waals surface area contributed by atoms with E-state index < -0.39 is 0 Å². The first kappa shape index (κ1) is 19.6. The standard InChI is InChI=1S/C21H25N3O2S2/c1-12-8-16(14(3)24(12)13(2)9-26-4)17(25)10-27-20-19-15-6-5-7-18(15)28-21(19)23-11-22-20/h8,11,13H,5-7,9-10H2,1-4H3/t13-/m0/s1. The molecule has 0 N–H and O–H groups in total. The number of fused-ring (bicyclic) bond motifs is 3. The van der Waals surface area contributed by atoms with Gasteiger partial charge < -0.3 is 9.30 Å². The zero-order chi connectivity index (χ0) is 19.8. The Morgan fingerprint density at radius 1 is 1.36 bits per heavy atom. The van der Waals surface area contributed by atoms with Crippen LogP contribution in [-0.2, 0) is 17.6 Å². The fraction of sp³-hybridized carbons (Fsp3) is 0.476. The monoisotopic (exact) mass is 415 g/mol. The average Bonchev–Trinajstić information content (AvgIpc) is 3.32. The van der Waals surface area contributed by atoms with E-state index in [4.69, 9.17) is 4.74 Å². The lowest BCUT2D eigenvalue weighted by Crippen LogP contribution is -2.14. The number of hydrogen-bond donors (Lipinski definition) is 0. The summed E-state index contributed by atoms with van der Waals surface area (Å²) in [6.45, 7) is 6.81. The first-order valence-electron chi connectivity index (χ1n) is 9.59. The van der Waals surface area contributed by atoms with Crippen molar-refractivity contribution < 1.29 is 9.53 Å². The van der Waals surface area contributed by atoms with Crippen LogP contribution in [0, 0.1) is 13.8 Å². The van der Waals surface area contributed by atoms with E-state index in [2.05, 4.69) is 21.5 Å². The molecule has 7 heteroatoms. The Balaban J connectivity index is 1.56. The molecule has 3 aromatic rings. The summed E-state index contributed by atoms with van der Waals surface area (Å²) in [7, 11) is 1.71. The Hall–Kier alpha value is -1.70. The first-order valence-corrected chi connectivity index (χ1v) is 11.4. The van der Waals surface area contributed by atoms with Gasteiger partial charge in [-0.25, -0.2) is 9.97 Å². The van der Waals surface area contributed by atoms with Gasteiger partial charge in [-0.3, -0.25) is 4.79 Å². The summed E-state index contributed by atoms with van der Waals surface area (Å²) in [5.74, 6) is 0.535. The number of ether oxygens (including phenoxy) is 1. The second kappa shape index (κ2) is 7.97. The van der Waals surface area contributed by atoms with Gasteiger partial charge in [0.05, 0.1) is 18.4 Å². The Labute approximate surface area is 173 Å². The lowest BCUT2D eigenvalue weighted by atomic mass is 10.2. The molecule has 0 saturated carbocycles. The first-order chi connectivity index (χ1) is 13.5. The van der Waals surface area contributed by atoms with E-state index in [9.17, 15) is 4.79 Å². The van der Waals surface area contributed by atoms with Crippen molar-refractivity contribution in [1.29, 1.82) is 0 Å². The number of thiophene rings is 1. The lowest BCUT2D eigenvalue weighted by Gasteiger charge is -2.17. The van der Waals surface area contributed by atoms with Crippen LogP contribution in [0.1, 0.15) is 51.6 Å². The van der Waals surface area contributed by atoms with Gasteiger partial charge in [-0.1, -0.05) is 11.8 Å². The molecule has 1 atom stereocenters. The van der Waals surface area contributed by atoms with Gasteiger partial charge in [-0.15, -0.1) is 11.3 Å². The molecule has 148 valence electrons. The van der Waals surface area contributed by atoms with Crippen LogP contribution >= 0.6 is 23.1 Å². The van der Waals surface area contributed by atoms with Crippen molar-refractivity contribution in [2.75, 3.05) is 19.5 Å². The summed E-state index contributed by atoms with van der Waals surface area (Å²) in [5.41, 5.74) is 4.31. The highest BCUT2D eigenvalue weighted by atomic mass is 32.2. The minimum Gasteiger partial charge on any atom is -0.383 e. The molecule has 0 aliphatic heterocycles. The highest BCUT2D eigenvalue weighted by Gasteiger charge is 2.23. The molecule has 0 unspecified atom stereocenters. The van der Waals surface area contributed by atoms with Crippen molar-refractivity contribution in [3.05, 3.63) is 39.8 Å². The van der Waals surface area contributed by atoms with Crippen molar-refractivity contribution >= 4 is 39.1 Å². The lowest BCUT2D eigenvalue weighted by molar-refractivity contribution is 0.102. The fourth-order valence-electron chi connectivity index (χ4n) is 4.27. The third kappa shape index (κ3) is 3.40. The zero-order valence-corrected chi connectivity index (χ0v) is 18.4. The number of thioether (sulfide) groups is 1. The van der Waals surface area contributed by atoms with E-state index in [1.165, 1.54) is 34.0 Å². The second-order valence-electron chi connectivity index (χ2n) is 7.39. The molecule has 0 aromatic carbocycles. The van der Waals surface area contributed by atoms with Crippen LogP contribution in [0.4, 0.5) is 0 Å². The maximum absolute atomic E-state index is 13.0. The minimum absolute atomic E-state index is 0.146. The molecule has 28 heavy (non-hydrogen) atoms. The average molecular weight is 416 g/mol. The van der Waals surface area contributed by atoms with Crippen LogP contribution in [-0.4, -0.2) is 39.8 Å². The second-order valence-corrected chi connectivity index (χ2v) is 9.44. The summed E-state index contributed by atoms with van der Waals surface area (Å²) >= 11 is 3.32. The van der Waals surface area contributed by atoms with Gasteiger partial charge >= 0.3 is 0 Å². The normalized spacial score (nSPS) is 14.6. The molecule has 3 heterocycles. The summed E-state index contributed by atoms with van der Waals surface area (Å²) < 4.78 is 7.48. The maximum atomic E-state index is 13.0. The van der Waals surface area contributed by atoms with Gasteiger partial charge in [-0.05, 0) is 51.7 Å². The number of carbonyl (C=O) groups is 1. The maximum Gasteiger partial charge on any atom is 0.174 e. The van der Waals surface area contributed by atoms with Crippen molar-refractivity contribution in [3.63, 3.8) is 0 Å². The van der Waals surface area contributed by atoms with E-state index in [0.717, 1.165) is 39.6 Å². The molecule has 1 aliphatic rings. The molecular formula is C21H25N3O2S2. The predicted octanol–water partition coefficient (Wildman–Crippen LogP) is 4.78. The molecule has 0 saturated heterocycles. The van der Waals surface area contributed by atoms with Gasteiger partial charge in [0.25, 0.3) is 0 Å². The van der Waals surface area contributed by atoms with Crippen LogP contribution < -0.4 is 0 Å². The number of Topliss-reactive ketones (excluding diaryl/α,β-unsaturated/α-hetero) is 1. The fourth-order valence-corrected chi connectivity index (χ4v) is 6.48. The molecule has 0 amide bonds. The van der Waals surface area contributed by atoms with Crippen LogP contribution in [0.5, 0.6) is 0 Å². The van der Waals surface area contributed by atoms with E-state index in [-0.39, 0.29) is 11.8 Å². The molecule has 0 spiro atoms. The number of hydrogen-bond acceptors (Lipinski definition) is 6. The van der Waals surface area contributed by atoms with Gasteiger partial charge in [0.2, 0.25) is 0 Å². The van der Waals surface area contributed by atoms with Crippen LogP contribution in [0.15, 0.2) is 17.4 Å². The van der Waals surface area contributed by atoms with Crippen molar-refractivity contribution in [2.24, 2.45) is 0 Å². The topological polar surface area (TPSA) is 57.0 Å². The highest BCUT2D eigenvalue weighted by molar-refractivity contribution is 8.00. The largest absolute Gasteiger partial charge is 0.383 e. The van der Waals surface area contributed by atoms with Gasteiger partial charge in [0.1, 0.15) is 16.2 Å². The van der Waals surface area contributed by atoms with Gasteiger partial charge in [-0.2, -0.15) is 0 Å². The number of ketones is 1. The molecule has 0 fully saturated rings. The molecule has 3 aromatic heterocycles. The SMILES string of the molecule is COC[C@H](C)n1c(C)cc(C(=O)CSc2ncnc3sc4c(c23)CCC4)c1C. The van der Waals surface area contributed by atoms with E-state index in [1.807, 2.05) is 19.9 Å². The van der Waals surface area contributed by atoms with E-state index >= 15 is 0 Å². The Morgan fingerprint density at radius 2 is 2.18 bits per heavy atom. The molecule has 5 nitrogen and oxygen atoms in total. The summed E-state index contributed by atoms with van der Waals surface area (Å²) in [6.07, 6.45) is 5.08. The van der Waals surface area contributed by atoms with Crippen LogP contribution in [0.25, 0.3) is 10.2 Å². The molecule has 0 radical (unpaired) electrons. The number of aryl methyl sites for hydroxylation is 3. The third-order valence-electron chi connectivity index (χ3n) is 5.44. The van der Waals surface area contributed by atoms with Crippen LogP contribution in [0.2, 0.25) is 0 Å². The number of methoxy groups -OCH3 is 1. The predicted molar refractivity (Wildman–Crippen MR) is 115 cm³/mol. The molecule has 0 bridgehead atoms. The van der Waals surface area contributed by atoms with E-state index in [0.29, 0.717) is 12.4 Å². The number of carbonyl (C=O) groups excluding carboxylic acids is 1. The number of aromatic nitrogens is 3. The van der Waals surface area contributed by atoms with Crippen molar-refractivity contribution in [3.8, 4) is 0 Å².